The fraction of sp³-hybridized carbons (Fsp3) is 0.0833. The summed E-state index contributed by atoms with van der Waals surface area (Å²) in [6.45, 7) is 0. The van der Waals surface area contributed by atoms with Crippen molar-refractivity contribution in [1.82, 2.24) is 0 Å². The number of benzene rings is 3. The summed E-state index contributed by atoms with van der Waals surface area (Å²) < 4.78 is 0. The number of hydrogen-bond acceptors (Lipinski definition) is 3. The molecule has 1 aliphatic heterocycles. The van der Waals surface area contributed by atoms with Crippen LogP contribution in [0, 0.1) is 11.3 Å². The third kappa shape index (κ3) is 3.33. The second kappa shape index (κ2) is 7.75. The van der Waals surface area contributed by atoms with E-state index in [-0.39, 0.29) is 5.91 Å². The molecule has 1 amide bonds. The summed E-state index contributed by atoms with van der Waals surface area (Å²) in [4.78, 5) is 13.8. The lowest BCUT2D eigenvalue weighted by molar-refractivity contribution is -0.110. The molecule has 0 aliphatic carbocycles. The van der Waals surface area contributed by atoms with E-state index in [0.717, 1.165) is 38.1 Å². The van der Waals surface area contributed by atoms with Crippen LogP contribution in [0.5, 0.6) is 0 Å². The molecule has 0 unspecified atom stereocenters. The van der Waals surface area contributed by atoms with Crippen LogP contribution in [0.25, 0.3) is 21.9 Å². The Morgan fingerprint density at radius 2 is 1.82 bits per heavy atom. The number of rotatable bonds is 4. The summed E-state index contributed by atoms with van der Waals surface area (Å²) in [5, 5.41) is 14.4. The van der Waals surface area contributed by atoms with E-state index in [2.05, 4.69) is 41.7 Å². The molecule has 3 aromatic carbocycles. The lowest BCUT2D eigenvalue weighted by atomic mass is 9.91. The van der Waals surface area contributed by atoms with Gasteiger partial charge in [0.1, 0.15) is 0 Å². The normalized spacial score (nSPS) is 15.1. The van der Waals surface area contributed by atoms with Crippen LogP contribution in [0.3, 0.4) is 0 Å². The molecule has 0 aromatic heterocycles. The maximum absolute atomic E-state index is 12.9. The Bertz CT molecular complexity index is 1180. The third-order valence-corrected chi connectivity index (χ3v) is 5.70. The highest BCUT2D eigenvalue weighted by Crippen LogP contribution is 2.41. The first-order chi connectivity index (χ1) is 13.7. The fourth-order valence-corrected chi connectivity index (χ4v) is 4.02. The van der Waals surface area contributed by atoms with Crippen LogP contribution in [0.4, 0.5) is 5.69 Å². The smallest absolute Gasteiger partial charge is 0.256 e. The SMILES string of the molecule is CS/C(=C\C#N)C/C(=C1\C(=O)Nc2ccccc21)c1ccc2ccccc2c1. The number of nitriles is 1. The lowest BCUT2D eigenvalue weighted by Crippen LogP contribution is -2.06. The minimum atomic E-state index is -0.0956. The molecule has 0 spiro atoms. The van der Waals surface area contributed by atoms with Gasteiger partial charge in [-0.3, -0.25) is 4.79 Å². The van der Waals surface area contributed by atoms with E-state index in [9.17, 15) is 4.79 Å². The molecular weight excluding hydrogens is 364 g/mol. The standard InChI is InChI=1S/C24H18N2OS/c1-28-19(12-13-25)15-21(18-11-10-16-6-2-3-7-17(16)14-18)23-20-8-4-5-9-22(20)26-24(23)27/h2-12,14H,15H2,1H3,(H,26,27)/b19-12-,23-21+. The highest BCUT2D eigenvalue weighted by atomic mass is 32.2. The van der Waals surface area contributed by atoms with Crippen molar-refractivity contribution in [2.45, 2.75) is 6.42 Å². The zero-order chi connectivity index (χ0) is 19.5. The van der Waals surface area contributed by atoms with Crippen LogP contribution in [0.2, 0.25) is 0 Å². The number of nitrogens with one attached hydrogen (secondary N) is 1. The third-order valence-electron chi connectivity index (χ3n) is 4.91. The number of thioether (sulfide) groups is 1. The molecular formula is C24H18N2OS. The summed E-state index contributed by atoms with van der Waals surface area (Å²) in [5.41, 5.74) is 4.36. The molecule has 3 nitrogen and oxygen atoms in total. The Morgan fingerprint density at radius 3 is 2.61 bits per heavy atom. The van der Waals surface area contributed by atoms with Crippen molar-refractivity contribution in [2.24, 2.45) is 0 Å². The lowest BCUT2D eigenvalue weighted by Gasteiger charge is -2.14. The first-order valence-corrected chi connectivity index (χ1v) is 10.2. The van der Waals surface area contributed by atoms with E-state index in [1.165, 1.54) is 11.8 Å². The molecule has 1 aliphatic rings. The number of nitrogens with zero attached hydrogens (tertiary/aromatic N) is 1. The van der Waals surface area contributed by atoms with Crippen molar-refractivity contribution >= 4 is 45.3 Å². The fourth-order valence-electron chi connectivity index (χ4n) is 3.56. The van der Waals surface area contributed by atoms with Crippen molar-refractivity contribution in [1.29, 1.82) is 5.26 Å². The maximum Gasteiger partial charge on any atom is 0.256 e. The summed E-state index contributed by atoms with van der Waals surface area (Å²) in [6, 6.07) is 24.3. The van der Waals surface area contributed by atoms with Crippen LogP contribution in [0.15, 0.2) is 77.7 Å². The number of carbonyl (C=O) groups is 1. The minimum Gasteiger partial charge on any atom is -0.321 e. The van der Waals surface area contributed by atoms with Crippen molar-refractivity contribution < 1.29 is 4.79 Å². The predicted molar refractivity (Wildman–Crippen MR) is 118 cm³/mol. The highest BCUT2D eigenvalue weighted by molar-refractivity contribution is 8.02. The number of anilines is 1. The summed E-state index contributed by atoms with van der Waals surface area (Å²) in [7, 11) is 0. The van der Waals surface area contributed by atoms with E-state index in [1.54, 1.807) is 6.08 Å². The van der Waals surface area contributed by atoms with Crippen molar-refractivity contribution in [3.8, 4) is 6.07 Å². The van der Waals surface area contributed by atoms with Crippen LogP contribution >= 0.6 is 11.8 Å². The zero-order valence-corrected chi connectivity index (χ0v) is 16.2. The molecule has 0 fully saturated rings. The highest BCUT2D eigenvalue weighted by Gasteiger charge is 2.28. The van der Waals surface area contributed by atoms with Crippen LogP contribution < -0.4 is 5.32 Å². The number of hydrogen-bond donors (Lipinski definition) is 1. The van der Waals surface area contributed by atoms with E-state index in [1.807, 2.05) is 42.7 Å². The monoisotopic (exact) mass is 382 g/mol. The van der Waals surface area contributed by atoms with E-state index < -0.39 is 0 Å². The van der Waals surface area contributed by atoms with Crippen LogP contribution in [0.1, 0.15) is 17.5 Å². The van der Waals surface area contributed by atoms with Gasteiger partial charge in [-0.15, -0.1) is 11.8 Å². The maximum atomic E-state index is 12.9. The van der Waals surface area contributed by atoms with E-state index >= 15 is 0 Å². The largest absolute Gasteiger partial charge is 0.321 e. The van der Waals surface area contributed by atoms with Gasteiger partial charge in [-0.1, -0.05) is 54.6 Å². The second-order valence-electron chi connectivity index (χ2n) is 6.54. The Hall–Kier alpha value is -3.29. The first-order valence-electron chi connectivity index (χ1n) is 8.97. The molecule has 4 heteroatoms. The number of amides is 1. The Morgan fingerprint density at radius 1 is 1.07 bits per heavy atom. The quantitative estimate of drug-likeness (QED) is 0.454. The molecule has 3 aromatic rings. The topological polar surface area (TPSA) is 52.9 Å². The Balaban J connectivity index is 1.95. The zero-order valence-electron chi connectivity index (χ0n) is 15.4. The van der Waals surface area contributed by atoms with E-state index in [4.69, 9.17) is 5.26 Å². The van der Waals surface area contributed by atoms with Gasteiger partial charge >= 0.3 is 0 Å². The molecule has 0 saturated heterocycles. The number of fused-ring (bicyclic) bond motifs is 2. The summed E-state index contributed by atoms with van der Waals surface area (Å²) >= 11 is 1.54. The number of para-hydroxylation sites is 1. The molecule has 0 radical (unpaired) electrons. The minimum absolute atomic E-state index is 0.0956. The van der Waals surface area contributed by atoms with Crippen molar-refractivity contribution in [3.05, 3.63) is 88.8 Å². The molecule has 0 saturated carbocycles. The van der Waals surface area contributed by atoms with Crippen molar-refractivity contribution in [3.63, 3.8) is 0 Å². The van der Waals surface area contributed by atoms with Gasteiger partial charge in [0.15, 0.2) is 0 Å². The summed E-state index contributed by atoms with van der Waals surface area (Å²) in [5.74, 6) is -0.0956. The molecule has 28 heavy (non-hydrogen) atoms. The first kappa shape index (κ1) is 18.1. The van der Waals surface area contributed by atoms with Gasteiger partial charge in [0.05, 0.1) is 11.6 Å². The van der Waals surface area contributed by atoms with Crippen molar-refractivity contribution in [2.75, 3.05) is 11.6 Å². The molecule has 136 valence electrons. The number of allylic oxidation sites excluding steroid dienone is 3. The molecule has 1 N–H and O–H groups in total. The van der Waals surface area contributed by atoms with Gasteiger partial charge in [-0.2, -0.15) is 5.26 Å². The van der Waals surface area contributed by atoms with Gasteiger partial charge in [0.25, 0.3) is 5.91 Å². The summed E-state index contributed by atoms with van der Waals surface area (Å²) in [6.07, 6.45) is 4.05. The average molecular weight is 382 g/mol. The van der Waals surface area contributed by atoms with Crippen LogP contribution in [-0.2, 0) is 4.79 Å². The van der Waals surface area contributed by atoms with Gasteiger partial charge in [-0.05, 0) is 45.2 Å². The average Bonchev–Trinajstić information content (AvgIpc) is 3.06. The Labute approximate surface area is 168 Å². The Kier molecular flexibility index (Phi) is 5.01. The van der Waals surface area contributed by atoms with Gasteiger partial charge in [0, 0.05) is 23.7 Å². The van der Waals surface area contributed by atoms with E-state index in [0.29, 0.717) is 12.0 Å². The number of carbonyl (C=O) groups excluding carboxylic acids is 1. The van der Waals surface area contributed by atoms with Gasteiger partial charge in [0.2, 0.25) is 0 Å². The molecule has 0 bridgehead atoms. The van der Waals surface area contributed by atoms with Gasteiger partial charge in [-0.25, -0.2) is 0 Å². The van der Waals surface area contributed by atoms with Gasteiger partial charge < -0.3 is 5.32 Å². The predicted octanol–water partition coefficient (Wildman–Crippen LogP) is 5.86. The molecule has 1 heterocycles. The second-order valence-corrected chi connectivity index (χ2v) is 7.47. The van der Waals surface area contributed by atoms with Crippen LogP contribution in [-0.4, -0.2) is 12.2 Å². The molecule has 4 rings (SSSR count). The molecule has 0 atom stereocenters.